The highest BCUT2D eigenvalue weighted by Gasteiger charge is 2.01. The van der Waals surface area contributed by atoms with E-state index in [0.29, 0.717) is 5.57 Å². The molecule has 0 aliphatic heterocycles. The minimum Gasteiger partial charge on any atom is -0.523 e. The second-order valence-electron chi connectivity index (χ2n) is 3.21. The van der Waals surface area contributed by atoms with Crippen LogP contribution in [0.15, 0.2) is 48.7 Å². The summed E-state index contributed by atoms with van der Waals surface area (Å²) in [6.45, 7) is 5.08. The van der Waals surface area contributed by atoms with E-state index in [9.17, 15) is 4.79 Å². The summed E-state index contributed by atoms with van der Waals surface area (Å²) in [7, 11) is -1.29. The van der Waals surface area contributed by atoms with Crippen molar-refractivity contribution in [2.75, 3.05) is 0 Å². The average molecular weight is 234 g/mol. The Labute approximate surface area is 97.5 Å². The zero-order valence-electron chi connectivity index (χ0n) is 9.18. The minimum absolute atomic E-state index is 0.389. The summed E-state index contributed by atoms with van der Waals surface area (Å²) < 4.78 is 10.0. The summed E-state index contributed by atoms with van der Waals surface area (Å²) in [6.07, 6.45) is 3.37. The first-order chi connectivity index (χ1) is 7.70. The summed E-state index contributed by atoms with van der Waals surface area (Å²) in [4.78, 5) is 11.0. The molecule has 0 aliphatic carbocycles. The Kier molecular flexibility index (Phi) is 5.08. The highest BCUT2D eigenvalue weighted by molar-refractivity contribution is 6.24. The summed E-state index contributed by atoms with van der Waals surface area (Å²) in [6, 6.07) is 9.75. The maximum Gasteiger partial charge on any atom is 0.429 e. The molecule has 0 bridgehead atoms. The van der Waals surface area contributed by atoms with E-state index < -0.39 is 10.0 Å². The lowest BCUT2D eigenvalue weighted by atomic mass is 10.2. The molecule has 3 nitrogen and oxygen atoms in total. The van der Waals surface area contributed by atoms with Crippen LogP contribution in [0.3, 0.4) is 0 Å². The van der Waals surface area contributed by atoms with Gasteiger partial charge in [0.05, 0.1) is 6.26 Å². The zero-order valence-corrected chi connectivity index (χ0v) is 10.6. The van der Waals surface area contributed by atoms with Crippen LogP contribution in [0.2, 0.25) is 0 Å². The van der Waals surface area contributed by atoms with Gasteiger partial charge in [0, 0.05) is 5.57 Å². The number of hydrogen-bond donors (Lipinski definition) is 0. The van der Waals surface area contributed by atoms with Gasteiger partial charge in [-0.1, -0.05) is 36.9 Å². The Morgan fingerprint density at radius 2 is 2.06 bits per heavy atom. The van der Waals surface area contributed by atoms with Crippen molar-refractivity contribution < 1.29 is 13.6 Å². The van der Waals surface area contributed by atoms with Crippen LogP contribution in [0.5, 0.6) is 0 Å². The molecule has 0 aliphatic rings. The van der Waals surface area contributed by atoms with E-state index >= 15 is 0 Å². The van der Waals surface area contributed by atoms with Gasteiger partial charge in [-0.15, -0.1) is 0 Å². The molecule has 0 fully saturated rings. The van der Waals surface area contributed by atoms with Gasteiger partial charge in [-0.3, -0.25) is 0 Å². The lowest BCUT2D eigenvalue weighted by Gasteiger charge is -2.02. The van der Waals surface area contributed by atoms with E-state index in [1.54, 1.807) is 13.2 Å². The van der Waals surface area contributed by atoms with E-state index in [4.69, 9.17) is 8.85 Å². The van der Waals surface area contributed by atoms with Crippen LogP contribution in [-0.4, -0.2) is 16.0 Å². The molecule has 0 atom stereocenters. The molecule has 0 aromatic heterocycles. The number of carbonyl (C=O) groups is 1. The molecule has 0 radical (unpaired) electrons. The maximum atomic E-state index is 11.0. The topological polar surface area (TPSA) is 35.5 Å². The summed E-state index contributed by atoms with van der Waals surface area (Å²) in [5.41, 5.74) is 1.44. The zero-order chi connectivity index (χ0) is 11.8. The Hall–Kier alpha value is -1.81. The molecule has 84 valence electrons. The highest BCUT2D eigenvalue weighted by Crippen LogP contribution is 2.00. The van der Waals surface area contributed by atoms with Crippen LogP contribution in [0.25, 0.3) is 6.08 Å². The molecule has 0 unspecified atom stereocenters. The van der Waals surface area contributed by atoms with Gasteiger partial charge in [0.2, 0.25) is 0 Å². The maximum absolute atomic E-state index is 11.0. The molecule has 0 heterocycles. The van der Waals surface area contributed by atoms with Crippen molar-refractivity contribution in [1.82, 2.24) is 0 Å². The minimum atomic E-state index is -1.29. The second-order valence-corrected chi connectivity index (χ2v) is 4.07. The van der Waals surface area contributed by atoms with Crippen LogP contribution >= 0.6 is 0 Å². The molecule has 4 heteroatoms. The molecule has 0 amide bonds. The fourth-order valence-corrected chi connectivity index (χ4v) is 1.54. The monoisotopic (exact) mass is 234 g/mol. The van der Waals surface area contributed by atoms with Crippen LogP contribution in [-0.2, 0) is 13.6 Å². The average Bonchev–Trinajstić information content (AvgIpc) is 2.29. The SMILES string of the molecule is C=C(C)C(=O)O[SiH2]OC=Cc1ccccc1. The van der Waals surface area contributed by atoms with Crippen LogP contribution in [0.1, 0.15) is 12.5 Å². The lowest BCUT2D eigenvalue weighted by Crippen LogP contribution is -2.09. The van der Waals surface area contributed by atoms with E-state index in [0.717, 1.165) is 5.56 Å². The summed E-state index contributed by atoms with van der Waals surface area (Å²) in [5, 5.41) is 0. The molecule has 1 rings (SSSR count). The Bertz CT molecular complexity index is 385. The van der Waals surface area contributed by atoms with Gasteiger partial charge in [0.15, 0.2) is 0 Å². The molecule has 1 aromatic carbocycles. The first kappa shape index (κ1) is 12.3. The predicted molar refractivity (Wildman–Crippen MR) is 66.0 cm³/mol. The van der Waals surface area contributed by atoms with Crippen molar-refractivity contribution >= 4 is 22.1 Å². The fourth-order valence-electron chi connectivity index (χ4n) is 0.941. The van der Waals surface area contributed by atoms with Crippen molar-refractivity contribution in [2.24, 2.45) is 0 Å². The summed E-state index contributed by atoms with van der Waals surface area (Å²) in [5.74, 6) is -0.389. The van der Waals surface area contributed by atoms with Crippen molar-refractivity contribution in [1.29, 1.82) is 0 Å². The molecule has 0 spiro atoms. The van der Waals surface area contributed by atoms with Crippen molar-refractivity contribution in [3.8, 4) is 0 Å². The third-order valence-corrected chi connectivity index (χ3v) is 2.47. The van der Waals surface area contributed by atoms with Crippen LogP contribution in [0, 0.1) is 0 Å². The highest BCUT2D eigenvalue weighted by atomic mass is 28.3. The Morgan fingerprint density at radius 3 is 2.69 bits per heavy atom. The van der Waals surface area contributed by atoms with Gasteiger partial charge in [-0.25, -0.2) is 4.79 Å². The first-order valence-corrected chi connectivity index (χ1v) is 6.01. The predicted octanol–water partition coefficient (Wildman–Crippen LogP) is 1.79. The third kappa shape index (κ3) is 4.61. The molecular weight excluding hydrogens is 220 g/mol. The van der Waals surface area contributed by atoms with E-state index in [-0.39, 0.29) is 5.97 Å². The smallest absolute Gasteiger partial charge is 0.429 e. The first-order valence-electron chi connectivity index (χ1n) is 4.86. The van der Waals surface area contributed by atoms with Gasteiger partial charge in [0.25, 0.3) is 0 Å². The Balaban J connectivity index is 2.24. The van der Waals surface area contributed by atoms with Crippen LogP contribution < -0.4 is 0 Å². The number of rotatable bonds is 5. The van der Waals surface area contributed by atoms with Gasteiger partial charge in [-0.2, -0.15) is 0 Å². The van der Waals surface area contributed by atoms with Crippen LogP contribution in [0.4, 0.5) is 0 Å². The molecule has 0 saturated carbocycles. The number of carbonyl (C=O) groups excluding carboxylic acids is 1. The van der Waals surface area contributed by atoms with Crippen molar-refractivity contribution in [2.45, 2.75) is 6.92 Å². The van der Waals surface area contributed by atoms with Gasteiger partial charge in [-0.05, 0) is 18.6 Å². The van der Waals surface area contributed by atoms with Gasteiger partial charge in [0.1, 0.15) is 0 Å². The van der Waals surface area contributed by atoms with Crippen molar-refractivity contribution in [3.05, 3.63) is 54.3 Å². The molecule has 0 saturated heterocycles. The number of hydrogen-bond acceptors (Lipinski definition) is 3. The lowest BCUT2D eigenvalue weighted by molar-refractivity contribution is -0.130. The van der Waals surface area contributed by atoms with E-state index in [2.05, 4.69) is 6.58 Å². The third-order valence-electron chi connectivity index (χ3n) is 1.76. The summed E-state index contributed by atoms with van der Waals surface area (Å²) >= 11 is 0. The second kappa shape index (κ2) is 6.63. The normalized spacial score (nSPS) is 10.8. The molecule has 16 heavy (non-hydrogen) atoms. The molecular formula is C12H14O3Si. The standard InChI is InChI=1S/C12H14O3Si/c1-10(2)12(13)15-16-14-9-8-11-6-4-3-5-7-11/h3-9H,1,16H2,2H3. The Morgan fingerprint density at radius 1 is 1.38 bits per heavy atom. The van der Waals surface area contributed by atoms with Gasteiger partial charge < -0.3 is 8.85 Å². The quantitative estimate of drug-likeness (QED) is 0.337. The molecule has 0 N–H and O–H groups in total. The van der Waals surface area contributed by atoms with E-state index in [1.807, 2.05) is 36.4 Å². The number of benzene rings is 1. The largest absolute Gasteiger partial charge is 0.523 e. The molecule has 1 aromatic rings. The fraction of sp³-hybridized carbons (Fsp3) is 0.0833. The van der Waals surface area contributed by atoms with Crippen molar-refractivity contribution in [3.63, 3.8) is 0 Å². The van der Waals surface area contributed by atoms with E-state index in [1.165, 1.54) is 0 Å². The van der Waals surface area contributed by atoms with Gasteiger partial charge >= 0.3 is 16.0 Å².